The number of nitrogens with zero attached hydrogens (tertiary/aromatic N) is 1. The lowest BCUT2D eigenvalue weighted by Crippen LogP contribution is -2.38. The number of amides is 1. The van der Waals surface area contributed by atoms with Crippen molar-refractivity contribution in [1.82, 2.24) is 10.3 Å². The summed E-state index contributed by atoms with van der Waals surface area (Å²) in [4.78, 5) is 14.5. The molecule has 1 atom stereocenters. The average molecular weight is 259 g/mol. The second kappa shape index (κ2) is 5.00. The first-order valence-corrected chi connectivity index (χ1v) is 5.66. The second-order valence-corrected chi connectivity index (χ2v) is 4.35. The lowest BCUT2D eigenvalue weighted by atomic mass is 10.0. The van der Waals surface area contributed by atoms with Gasteiger partial charge in [0.05, 0.1) is 18.4 Å². The van der Waals surface area contributed by atoms with E-state index in [4.69, 9.17) is 9.68 Å². The Morgan fingerprint density at radius 3 is 3.05 bits per heavy atom. The third-order valence-electron chi connectivity index (χ3n) is 2.71. The highest BCUT2D eigenvalue weighted by Crippen LogP contribution is 2.19. The number of H-pyrrole nitrogens is 1. The van der Waals surface area contributed by atoms with Crippen molar-refractivity contribution in [3.05, 3.63) is 47.7 Å². The molecule has 3 N–H and O–H groups in total. The smallest absolute Gasteiger partial charge is 0.252 e. The zero-order valence-electron chi connectivity index (χ0n) is 10.3. The summed E-state index contributed by atoms with van der Waals surface area (Å²) in [6.45, 7) is 1.55. The van der Waals surface area contributed by atoms with E-state index in [1.165, 1.54) is 18.5 Å². The first-order chi connectivity index (χ1) is 9.03. The highest BCUT2D eigenvalue weighted by Gasteiger charge is 2.27. The van der Waals surface area contributed by atoms with Crippen LogP contribution in [-0.2, 0) is 5.60 Å². The molecule has 0 aliphatic heterocycles. The van der Waals surface area contributed by atoms with Gasteiger partial charge in [-0.2, -0.15) is 5.26 Å². The van der Waals surface area contributed by atoms with Gasteiger partial charge in [0.15, 0.2) is 0 Å². The zero-order chi connectivity index (χ0) is 13.9. The van der Waals surface area contributed by atoms with Crippen LogP contribution in [-0.4, -0.2) is 22.5 Å². The molecule has 0 bridgehead atoms. The third kappa shape index (κ3) is 2.84. The minimum atomic E-state index is -1.28. The molecule has 6 heteroatoms. The van der Waals surface area contributed by atoms with Gasteiger partial charge in [-0.25, -0.2) is 0 Å². The molecule has 98 valence electrons. The fourth-order valence-electron chi connectivity index (χ4n) is 1.62. The Kier molecular flexibility index (Phi) is 3.40. The van der Waals surface area contributed by atoms with Crippen LogP contribution in [0.3, 0.4) is 0 Å². The summed E-state index contributed by atoms with van der Waals surface area (Å²) in [6, 6.07) is 6.64. The van der Waals surface area contributed by atoms with Gasteiger partial charge in [-0.15, -0.1) is 0 Å². The van der Waals surface area contributed by atoms with E-state index in [-0.39, 0.29) is 12.5 Å². The topological polar surface area (TPSA) is 102 Å². The van der Waals surface area contributed by atoms with Gasteiger partial charge >= 0.3 is 0 Å². The maximum Gasteiger partial charge on any atom is 0.252 e. The number of carbonyl (C=O) groups excluding carboxylic acids is 1. The Labute approximate surface area is 109 Å². The normalized spacial score (nSPS) is 13.5. The molecule has 0 spiro atoms. The lowest BCUT2D eigenvalue weighted by molar-refractivity contribution is 0.0330. The number of aromatic amines is 1. The van der Waals surface area contributed by atoms with Gasteiger partial charge in [-0.3, -0.25) is 4.79 Å². The van der Waals surface area contributed by atoms with Crippen molar-refractivity contribution in [1.29, 1.82) is 5.26 Å². The van der Waals surface area contributed by atoms with Crippen LogP contribution in [0.2, 0.25) is 0 Å². The molecular formula is C13H13N3O3. The summed E-state index contributed by atoms with van der Waals surface area (Å²) in [5.74, 6) is 0.00386. The predicted octanol–water partition coefficient (Wildman–Crippen LogP) is 1.12. The van der Waals surface area contributed by atoms with Crippen molar-refractivity contribution in [2.24, 2.45) is 0 Å². The summed E-state index contributed by atoms with van der Waals surface area (Å²) in [5.41, 5.74) is -0.636. The van der Waals surface area contributed by atoms with Gasteiger partial charge < -0.3 is 19.8 Å². The highest BCUT2D eigenvalue weighted by molar-refractivity contribution is 5.94. The fraction of sp³-hybridized carbons (Fsp3) is 0.231. The molecule has 0 radical (unpaired) electrons. The SMILES string of the molecule is CC(O)(CNC(=O)c1c[nH]c(C#N)c1)c1ccco1. The Morgan fingerprint density at radius 2 is 2.47 bits per heavy atom. The Bertz CT molecular complexity index is 605. The molecular weight excluding hydrogens is 246 g/mol. The molecule has 1 unspecified atom stereocenters. The van der Waals surface area contributed by atoms with E-state index in [2.05, 4.69) is 10.3 Å². The number of carbonyl (C=O) groups is 1. The van der Waals surface area contributed by atoms with Gasteiger partial charge in [0, 0.05) is 6.20 Å². The van der Waals surface area contributed by atoms with Gasteiger partial charge in [-0.05, 0) is 25.1 Å². The lowest BCUT2D eigenvalue weighted by Gasteiger charge is -2.20. The van der Waals surface area contributed by atoms with Gasteiger partial charge in [0.25, 0.3) is 5.91 Å². The first kappa shape index (κ1) is 12.9. The number of hydrogen-bond acceptors (Lipinski definition) is 4. The van der Waals surface area contributed by atoms with E-state index >= 15 is 0 Å². The van der Waals surface area contributed by atoms with Crippen molar-refractivity contribution in [2.45, 2.75) is 12.5 Å². The Hall–Kier alpha value is -2.52. The number of furan rings is 1. The Morgan fingerprint density at radius 1 is 1.68 bits per heavy atom. The van der Waals surface area contributed by atoms with Crippen LogP contribution in [0.5, 0.6) is 0 Å². The summed E-state index contributed by atoms with van der Waals surface area (Å²) in [6.07, 6.45) is 2.90. The number of nitrogens with one attached hydrogen (secondary N) is 2. The molecule has 2 aromatic heterocycles. The summed E-state index contributed by atoms with van der Waals surface area (Å²) >= 11 is 0. The number of aromatic nitrogens is 1. The van der Waals surface area contributed by atoms with E-state index in [9.17, 15) is 9.90 Å². The quantitative estimate of drug-likeness (QED) is 0.765. The molecule has 0 aliphatic carbocycles. The minimum absolute atomic E-state index is 0.00636. The van der Waals surface area contributed by atoms with E-state index in [1.54, 1.807) is 19.1 Å². The van der Waals surface area contributed by atoms with Gasteiger partial charge in [0.2, 0.25) is 0 Å². The van der Waals surface area contributed by atoms with Crippen molar-refractivity contribution in [3.8, 4) is 6.07 Å². The number of aliphatic hydroxyl groups is 1. The Balaban J connectivity index is 1.99. The number of rotatable bonds is 4. The molecule has 2 heterocycles. The van der Waals surface area contributed by atoms with E-state index in [0.29, 0.717) is 17.0 Å². The molecule has 1 amide bonds. The minimum Gasteiger partial charge on any atom is -0.466 e. The van der Waals surface area contributed by atoms with Crippen LogP contribution in [0, 0.1) is 11.3 Å². The summed E-state index contributed by atoms with van der Waals surface area (Å²) in [7, 11) is 0. The summed E-state index contributed by atoms with van der Waals surface area (Å²) < 4.78 is 5.11. The zero-order valence-corrected chi connectivity index (χ0v) is 10.3. The monoisotopic (exact) mass is 259 g/mol. The standard InChI is InChI=1S/C13H13N3O3/c1-13(18,11-3-2-4-19-11)8-16-12(17)9-5-10(6-14)15-7-9/h2-5,7,15,18H,8H2,1H3,(H,16,17). The highest BCUT2D eigenvalue weighted by atomic mass is 16.4. The van der Waals surface area contributed by atoms with Gasteiger partial charge in [-0.1, -0.05) is 0 Å². The van der Waals surface area contributed by atoms with Crippen molar-refractivity contribution in [2.75, 3.05) is 6.54 Å². The molecule has 6 nitrogen and oxygen atoms in total. The van der Waals surface area contributed by atoms with Crippen LogP contribution >= 0.6 is 0 Å². The number of nitriles is 1. The van der Waals surface area contributed by atoms with Crippen LogP contribution in [0.4, 0.5) is 0 Å². The molecule has 0 saturated heterocycles. The van der Waals surface area contributed by atoms with E-state index in [0.717, 1.165) is 0 Å². The fourth-order valence-corrected chi connectivity index (χ4v) is 1.62. The van der Waals surface area contributed by atoms with Gasteiger partial charge in [0.1, 0.15) is 23.1 Å². The molecule has 2 rings (SSSR count). The van der Waals surface area contributed by atoms with Crippen LogP contribution < -0.4 is 5.32 Å². The maximum atomic E-state index is 11.8. The molecule has 19 heavy (non-hydrogen) atoms. The average Bonchev–Trinajstić information content (AvgIpc) is 3.06. The molecule has 0 aromatic carbocycles. The van der Waals surface area contributed by atoms with Crippen molar-refractivity contribution >= 4 is 5.91 Å². The van der Waals surface area contributed by atoms with E-state index < -0.39 is 5.60 Å². The molecule has 0 aliphatic rings. The van der Waals surface area contributed by atoms with E-state index in [1.807, 2.05) is 6.07 Å². The molecule has 0 saturated carbocycles. The maximum absolute atomic E-state index is 11.8. The molecule has 0 fully saturated rings. The molecule has 2 aromatic rings. The van der Waals surface area contributed by atoms with Crippen molar-refractivity contribution in [3.63, 3.8) is 0 Å². The van der Waals surface area contributed by atoms with Crippen LogP contribution in [0.25, 0.3) is 0 Å². The van der Waals surface area contributed by atoms with Crippen LogP contribution in [0.1, 0.15) is 28.7 Å². The number of hydrogen-bond donors (Lipinski definition) is 3. The largest absolute Gasteiger partial charge is 0.466 e. The third-order valence-corrected chi connectivity index (χ3v) is 2.71. The predicted molar refractivity (Wildman–Crippen MR) is 66.1 cm³/mol. The summed E-state index contributed by atoms with van der Waals surface area (Å²) in [5, 5.41) is 21.4. The van der Waals surface area contributed by atoms with Crippen molar-refractivity contribution < 1.29 is 14.3 Å². The first-order valence-electron chi connectivity index (χ1n) is 5.66. The second-order valence-electron chi connectivity index (χ2n) is 4.35. The van der Waals surface area contributed by atoms with Crippen LogP contribution in [0.15, 0.2) is 35.1 Å².